The topological polar surface area (TPSA) is 62.6 Å². The van der Waals surface area contributed by atoms with E-state index in [9.17, 15) is 14.4 Å². The lowest BCUT2D eigenvalue weighted by Gasteiger charge is -2.22. The SMILES string of the molecule is Cc1cc(C=C2SC(=O)N(CC(=O)N3CCCCCC3)C2=O)c(C)n1-c1ccc(C(C)C)cc1. The molecule has 0 spiro atoms. The van der Waals surface area contributed by atoms with Crippen LogP contribution in [0.3, 0.4) is 0 Å². The summed E-state index contributed by atoms with van der Waals surface area (Å²) in [5, 5.41) is -0.377. The van der Waals surface area contributed by atoms with E-state index < -0.39 is 0 Å². The van der Waals surface area contributed by atoms with Crippen molar-refractivity contribution in [3.63, 3.8) is 0 Å². The van der Waals surface area contributed by atoms with Crippen LogP contribution in [0.25, 0.3) is 11.8 Å². The molecule has 0 unspecified atom stereocenters. The fraction of sp³-hybridized carbons (Fsp3) is 0.444. The van der Waals surface area contributed by atoms with Gasteiger partial charge in [0, 0.05) is 30.2 Å². The van der Waals surface area contributed by atoms with Crippen LogP contribution in [0.1, 0.15) is 68.0 Å². The lowest BCUT2D eigenvalue weighted by molar-refractivity contribution is -0.135. The first-order chi connectivity index (χ1) is 16.3. The summed E-state index contributed by atoms with van der Waals surface area (Å²) in [7, 11) is 0. The molecule has 4 rings (SSSR count). The van der Waals surface area contributed by atoms with E-state index in [2.05, 4.69) is 42.7 Å². The molecule has 7 heteroatoms. The molecule has 0 aliphatic carbocycles. The highest BCUT2D eigenvalue weighted by Crippen LogP contribution is 2.34. The second-order valence-electron chi connectivity index (χ2n) is 9.47. The van der Waals surface area contributed by atoms with Gasteiger partial charge in [-0.05, 0) is 79.8 Å². The van der Waals surface area contributed by atoms with Crippen molar-refractivity contribution >= 4 is 34.9 Å². The van der Waals surface area contributed by atoms with E-state index in [4.69, 9.17) is 0 Å². The summed E-state index contributed by atoms with van der Waals surface area (Å²) in [6.07, 6.45) is 5.97. The van der Waals surface area contributed by atoms with Crippen LogP contribution >= 0.6 is 11.8 Å². The maximum atomic E-state index is 13.0. The van der Waals surface area contributed by atoms with E-state index in [-0.39, 0.29) is 23.6 Å². The molecule has 2 aromatic rings. The average molecular weight is 480 g/mol. The van der Waals surface area contributed by atoms with Gasteiger partial charge in [0.1, 0.15) is 6.54 Å². The number of imide groups is 1. The van der Waals surface area contributed by atoms with E-state index in [1.54, 1.807) is 11.0 Å². The summed E-state index contributed by atoms with van der Waals surface area (Å²) in [5.74, 6) is -0.0592. The van der Waals surface area contributed by atoms with Crippen molar-refractivity contribution < 1.29 is 14.4 Å². The average Bonchev–Trinajstić information content (AvgIpc) is 3.09. The monoisotopic (exact) mass is 479 g/mol. The number of rotatable bonds is 5. The molecule has 1 aromatic carbocycles. The standard InChI is InChI=1S/C27H33N3O3S/c1-18(2)21-9-11-23(12-10-21)30-19(3)15-22(20(30)4)16-24-26(32)29(27(33)34-24)17-25(31)28-13-7-5-6-8-14-28/h9-12,15-16,18H,5-8,13-14,17H2,1-4H3. The number of benzene rings is 1. The molecular formula is C27H33N3O3S. The molecule has 0 bridgehead atoms. The second kappa shape index (κ2) is 10.2. The summed E-state index contributed by atoms with van der Waals surface area (Å²) in [4.78, 5) is 41.6. The van der Waals surface area contributed by atoms with Gasteiger partial charge in [0.05, 0.1) is 4.91 Å². The van der Waals surface area contributed by atoms with Gasteiger partial charge in [-0.3, -0.25) is 19.3 Å². The van der Waals surface area contributed by atoms with Crippen LogP contribution in [0, 0.1) is 13.8 Å². The Labute approximate surface area is 206 Å². The van der Waals surface area contributed by atoms with Gasteiger partial charge < -0.3 is 9.47 Å². The van der Waals surface area contributed by atoms with E-state index in [0.29, 0.717) is 23.9 Å². The van der Waals surface area contributed by atoms with Gasteiger partial charge in [0.2, 0.25) is 5.91 Å². The first-order valence-electron chi connectivity index (χ1n) is 12.1. The molecule has 0 radical (unpaired) electrons. The zero-order valence-electron chi connectivity index (χ0n) is 20.5. The van der Waals surface area contributed by atoms with Gasteiger partial charge in [-0.25, -0.2) is 0 Å². The number of nitrogens with zero attached hydrogens (tertiary/aromatic N) is 3. The third-order valence-electron chi connectivity index (χ3n) is 6.70. The van der Waals surface area contributed by atoms with Gasteiger partial charge in [0.25, 0.3) is 11.1 Å². The molecule has 2 fully saturated rings. The molecular weight excluding hydrogens is 446 g/mol. The van der Waals surface area contributed by atoms with Crippen molar-refractivity contribution in [3.8, 4) is 5.69 Å². The smallest absolute Gasteiger partial charge is 0.294 e. The number of thioether (sulfide) groups is 1. The minimum atomic E-state index is -0.385. The maximum absolute atomic E-state index is 13.0. The van der Waals surface area contributed by atoms with Crippen molar-refractivity contribution in [3.05, 3.63) is 57.8 Å². The minimum absolute atomic E-state index is 0.145. The van der Waals surface area contributed by atoms with Gasteiger partial charge in [0.15, 0.2) is 0 Å². The molecule has 0 atom stereocenters. The molecule has 3 amide bonds. The molecule has 2 aliphatic heterocycles. The lowest BCUT2D eigenvalue weighted by atomic mass is 10.0. The summed E-state index contributed by atoms with van der Waals surface area (Å²) in [5.41, 5.74) is 5.30. The number of carbonyl (C=O) groups excluding carboxylic acids is 3. The van der Waals surface area contributed by atoms with Crippen LogP contribution in [0.4, 0.5) is 4.79 Å². The molecule has 1 aromatic heterocycles. The first kappa shape index (κ1) is 24.3. The van der Waals surface area contributed by atoms with Crippen LogP contribution in [0.15, 0.2) is 35.2 Å². The largest absolute Gasteiger partial charge is 0.341 e. The van der Waals surface area contributed by atoms with E-state index in [0.717, 1.165) is 65.0 Å². The zero-order valence-corrected chi connectivity index (χ0v) is 21.3. The van der Waals surface area contributed by atoms with Gasteiger partial charge >= 0.3 is 0 Å². The zero-order chi connectivity index (χ0) is 24.4. The fourth-order valence-electron chi connectivity index (χ4n) is 4.67. The van der Waals surface area contributed by atoms with Crippen LogP contribution in [-0.4, -0.2) is 51.1 Å². The van der Waals surface area contributed by atoms with Crippen molar-refractivity contribution in [2.75, 3.05) is 19.6 Å². The van der Waals surface area contributed by atoms with Crippen molar-refractivity contribution in [2.24, 2.45) is 0 Å². The van der Waals surface area contributed by atoms with Crippen LogP contribution in [0.5, 0.6) is 0 Å². The predicted molar refractivity (Wildman–Crippen MR) is 137 cm³/mol. The molecule has 2 aliphatic rings. The summed E-state index contributed by atoms with van der Waals surface area (Å²) < 4.78 is 2.16. The fourth-order valence-corrected chi connectivity index (χ4v) is 5.50. The maximum Gasteiger partial charge on any atom is 0.294 e. The lowest BCUT2D eigenvalue weighted by Crippen LogP contribution is -2.42. The molecule has 34 heavy (non-hydrogen) atoms. The Morgan fingerprint density at radius 2 is 1.68 bits per heavy atom. The number of carbonyl (C=O) groups is 3. The predicted octanol–water partition coefficient (Wildman–Crippen LogP) is 5.66. The highest BCUT2D eigenvalue weighted by Gasteiger charge is 2.37. The summed E-state index contributed by atoms with van der Waals surface area (Å²) >= 11 is 0.913. The summed E-state index contributed by atoms with van der Waals surface area (Å²) in [6.45, 7) is 9.63. The number of amides is 3. The number of hydrogen-bond acceptors (Lipinski definition) is 4. The first-order valence-corrected chi connectivity index (χ1v) is 12.9. The Kier molecular flexibility index (Phi) is 7.31. The Morgan fingerprint density at radius 1 is 1.03 bits per heavy atom. The third kappa shape index (κ3) is 4.99. The molecule has 3 heterocycles. The molecule has 0 N–H and O–H groups in total. The molecule has 6 nitrogen and oxygen atoms in total. The van der Waals surface area contributed by atoms with Crippen LogP contribution < -0.4 is 0 Å². The number of aryl methyl sites for hydroxylation is 1. The molecule has 180 valence electrons. The van der Waals surface area contributed by atoms with Crippen LogP contribution in [-0.2, 0) is 9.59 Å². The number of aromatic nitrogens is 1. The van der Waals surface area contributed by atoms with Crippen molar-refractivity contribution in [1.82, 2.24) is 14.4 Å². The Bertz CT molecular complexity index is 1120. The van der Waals surface area contributed by atoms with Crippen LogP contribution in [0.2, 0.25) is 0 Å². The van der Waals surface area contributed by atoms with Crippen molar-refractivity contribution in [1.29, 1.82) is 0 Å². The van der Waals surface area contributed by atoms with Crippen molar-refractivity contribution in [2.45, 2.75) is 59.3 Å². The highest BCUT2D eigenvalue weighted by molar-refractivity contribution is 8.18. The van der Waals surface area contributed by atoms with E-state index >= 15 is 0 Å². The number of likely N-dealkylation sites (tertiary alicyclic amines) is 1. The molecule has 2 saturated heterocycles. The van der Waals surface area contributed by atoms with Gasteiger partial charge in [-0.15, -0.1) is 0 Å². The van der Waals surface area contributed by atoms with E-state index in [1.165, 1.54) is 5.56 Å². The molecule has 0 saturated carbocycles. The second-order valence-corrected chi connectivity index (χ2v) is 10.5. The third-order valence-corrected chi connectivity index (χ3v) is 7.61. The minimum Gasteiger partial charge on any atom is -0.341 e. The van der Waals surface area contributed by atoms with Gasteiger partial charge in [-0.2, -0.15) is 0 Å². The Balaban J connectivity index is 1.53. The summed E-state index contributed by atoms with van der Waals surface area (Å²) in [6, 6.07) is 10.5. The van der Waals surface area contributed by atoms with E-state index in [1.807, 2.05) is 19.9 Å². The Hall–Kier alpha value is -2.80. The number of hydrogen-bond donors (Lipinski definition) is 0. The van der Waals surface area contributed by atoms with Gasteiger partial charge in [-0.1, -0.05) is 38.8 Å². The Morgan fingerprint density at radius 3 is 2.29 bits per heavy atom. The highest BCUT2D eigenvalue weighted by atomic mass is 32.2. The quantitative estimate of drug-likeness (QED) is 0.520. The normalized spacial score (nSPS) is 18.3.